The maximum absolute atomic E-state index is 5.66. The van der Waals surface area contributed by atoms with E-state index in [4.69, 9.17) is 17.0 Å². The Hall–Kier alpha value is -2.14. The number of nitrogens with zero attached hydrogens (tertiary/aromatic N) is 1. The van der Waals surface area contributed by atoms with Crippen LogP contribution in [0.4, 0.5) is 5.69 Å². The average molecular weight is 301 g/mol. The van der Waals surface area contributed by atoms with E-state index in [1.807, 2.05) is 50.2 Å². The van der Waals surface area contributed by atoms with Crippen molar-refractivity contribution in [1.82, 2.24) is 10.3 Å². The van der Waals surface area contributed by atoms with Gasteiger partial charge in [0.2, 0.25) is 0 Å². The van der Waals surface area contributed by atoms with Crippen LogP contribution in [0.5, 0.6) is 5.75 Å². The molecule has 0 atom stereocenters. The van der Waals surface area contributed by atoms with Crippen LogP contribution in [-0.2, 0) is 6.54 Å². The minimum atomic E-state index is 0.150. The van der Waals surface area contributed by atoms with Gasteiger partial charge in [0.15, 0.2) is 5.11 Å². The van der Waals surface area contributed by atoms with Crippen LogP contribution >= 0.6 is 12.2 Å². The Kier molecular flexibility index (Phi) is 5.51. The quantitative estimate of drug-likeness (QED) is 0.829. The molecule has 2 rings (SSSR count). The first-order valence-electron chi connectivity index (χ1n) is 6.84. The van der Waals surface area contributed by atoms with E-state index in [1.54, 1.807) is 12.4 Å². The lowest BCUT2D eigenvalue weighted by Crippen LogP contribution is -2.27. The van der Waals surface area contributed by atoms with Crippen LogP contribution in [0, 0.1) is 0 Å². The van der Waals surface area contributed by atoms with Gasteiger partial charge in [0.25, 0.3) is 0 Å². The van der Waals surface area contributed by atoms with Gasteiger partial charge in [-0.1, -0.05) is 6.07 Å². The second kappa shape index (κ2) is 7.59. The monoisotopic (exact) mass is 301 g/mol. The summed E-state index contributed by atoms with van der Waals surface area (Å²) < 4.78 is 5.66. The zero-order valence-corrected chi connectivity index (χ0v) is 13.0. The zero-order chi connectivity index (χ0) is 15.1. The molecule has 0 aliphatic heterocycles. The summed E-state index contributed by atoms with van der Waals surface area (Å²) in [5, 5.41) is 6.89. The third-order valence-electron chi connectivity index (χ3n) is 2.67. The van der Waals surface area contributed by atoms with Crippen molar-refractivity contribution in [3.63, 3.8) is 0 Å². The van der Waals surface area contributed by atoms with Gasteiger partial charge in [-0.25, -0.2) is 0 Å². The van der Waals surface area contributed by atoms with Crippen molar-refractivity contribution in [1.29, 1.82) is 0 Å². The number of nitrogens with one attached hydrogen (secondary N) is 2. The van der Waals surface area contributed by atoms with Gasteiger partial charge in [-0.05, 0) is 55.9 Å². The normalized spacial score (nSPS) is 10.2. The maximum Gasteiger partial charge on any atom is 0.171 e. The first-order valence-corrected chi connectivity index (χ1v) is 7.25. The molecule has 0 aliphatic rings. The molecule has 5 heteroatoms. The van der Waals surface area contributed by atoms with E-state index in [9.17, 15) is 0 Å². The summed E-state index contributed by atoms with van der Waals surface area (Å²) >= 11 is 5.29. The number of pyridine rings is 1. The number of aromatic nitrogens is 1. The average Bonchev–Trinajstić information content (AvgIpc) is 2.46. The van der Waals surface area contributed by atoms with Gasteiger partial charge < -0.3 is 15.4 Å². The van der Waals surface area contributed by atoms with Crippen molar-refractivity contribution in [3.05, 3.63) is 54.4 Å². The van der Waals surface area contributed by atoms with Crippen LogP contribution in [0.1, 0.15) is 19.4 Å². The lowest BCUT2D eigenvalue weighted by Gasteiger charge is -2.13. The molecule has 1 aromatic carbocycles. The van der Waals surface area contributed by atoms with Crippen LogP contribution in [0.15, 0.2) is 48.8 Å². The number of rotatable bonds is 5. The van der Waals surface area contributed by atoms with E-state index < -0.39 is 0 Å². The number of anilines is 1. The highest BCUT2D eigenvalue weighted by molar-refractivity contribution is 7.80. The second-order valence-corrected chi connectivity index (χ2v) is 5.27. The van der Waals surface area contributed by atoms with Gasteiger partial charge in [0, 0.05) is 30.7 Å². The van der Waals surface area contributed by atoms with E-state index in [0.29, 0.717) is 11.7 Å². The highest BCUT2D eigenvalue weighted by atomic mass is 32.1. The smallest absolute Gasteiger partial charge is 0.171 e. The molecule has 0 fully saturated rings. The fourth-order valence-corrected chi connectivity index (χ4v) is 1.97. The van der Waals surface area contributed by atoms with Crippen molar-refractivity contribution in [2.24, 2.45) is 0 Å². The summed E-state index contributed by atoms with van der Waals surface area (Å²) in [7, 11) is 0. The molecule has 110 valence electrons. The Bertz CT molecular complexity index is 587. The zero-order valence-electron chi connectivity index (χ0n) is 12.2. The van der Waals surface area contributed by atoms with Crippen LogP contribution < -0.4 is 15.4 Å². The lowest BCUT2D eigenvalue weighted by molar-refractivity contribution is 0.242. The first-order chi connectivity index (χ1) is 10.1. The van der Waals surface area contributed by atoms with Gasteiger partial charge >= 0.3 is 0 Å². The molecule has 0 saturated carbocycles. The van der Waals surface area contributed by atoms with Gasteiger partial charge in [0.1, 0.15) is 5.75 Å². The molecule has 0 amide bonds. The molecule has 2 N–H and O–H groups in total. The number of hydrogen-bond acceptors (Lipinski definition) is 3. The Morgan fingerprint density at radius 3 is 2.71 bits per heavy atom. The Morgan fingerprint density at radius 2 is 2.00 bits per heavy atom. The molecule has 0 radical (unpaired) electrons. The van der Waals surface area contributed by atoms with Crippen molar-refractivity contribution < 1.29 is 4.74 Å². The van der Waals surface area contributed by atoms with E-state index in [0.717, 1.165) is 17.0 Å². The summed E-state index contributed by atoms with van der Waals surface area (Å²) in [5.74, 6) is 0.826. The summed E-state index contributed by atoms with van der Waals surface area (Å²) in [6.45, 7) is 4.67. The highest BCUT2D eigenvalue weighted by Crippen LogP contribution is 2.18. The molecule has 4 nitrogen and oxygen atoms in total. The fourth-order valence-electron chi connectivity index (χ4n) is 1.78. The van der Waals surface area contributed by atoms with Gasteiger partial charge in [0.05, 0.1) is 6.10 Å². The Labute approximate surface area is 130 Å². The van der Waals surface area contributed by atoms with E-state index in [1.165, 1.54) is 0 Å². The third-order valence-corrected chi connectivity index (χ3v) is 2.91. The van der Waals surface area contributed by atoms with Crippen LogP contribution in [0.2, 0.25) is 0 Å². The molecule has 2 aromatic rings. The molecule has 1 aromatic heterocycles. The van der Waals surface area contributed by atoms with E-state index in [-0.39, 0.29) is 6.10 Å². The maximum atomic E-state index is 5.66. The van der Waals surface area contributed by atoms with E-state index in [2.05, 4.69) is 15.6 Å². The van der Waals surface area contributed by atoms with E-state index >= 15 is 0 Å². The number of hydrogen-bond donors (Lipinski definition) is 2. The van der Waals surface area contributed by atoms with Crippen molar-refractivity contribution in [2.75, 3.05) is 5.32 Å². The first kappa shape index (κ1) is 15.3. The number of benzene rings is 1. The summed E-state index contributed by atoms with van der Waals surface area (Å²) in [6.07, 6.45) is 3.68. The molecule has 0 spiro atoms. The summed E-state index contributed by atoms with van der Waals surface area (Å²) in [6, 6.07) is 11.7. The summed E-state index contributed by atoms with van der Waals surface area (Å²) in [5.41, 5.74) is 2.03. The molecule has 0 saturated heterocycles. The van der Waals surface area contributed by atoms with Crippen LogP contribution in [0.3, 0.4) is 0 Å². The highest BCUT2D eigenvalue weighted by Gasteiger charge is 2.01. The fraction of sp³-hybridized carbons (Fsp3) is 0.250. The molecule has 0 bridgehead atoms. The Balaban J connectivity index is 1.87. The molecule has 1 heterocycles. The van der Waals surface area contributed by atoms with Crippen LogP contribution in [-0.4, -0.2) is 16.2 Å². The lowest BCUT2D eigenvalue weighted by atomic mass is 10.3. The minimum absolute atomic E-state index is 0.150. The SMILES string of the molecule is CC(C)Oc1cccc(NC(=S)NCc2ccncc2)c1. The number of thiocarbonyl (C=S) groups is 1. The van der Waals surface area contributed by atoms with Gasteiger partial charge in [-0.3, -0.25) is 4.98 Å². The van der Waals surface area contributed by atoms with Crippen molar-refractivity contribution in [2.45, 2.75) is 26.5 Å². The van der Waals surface area contributed by atoms with Crippen LogP contribution in [0.25, 0.3) is 0 Å². The standard InChI is InChI=1S/C16H19N3OS/c1-12(2)20-15-5-3-4-14(10-15)19-16(21)18-11-13-6-8-17-9-7-13/h3-10,12H,11H2,1-2H3,(H2,18,19,21). The molecule has 0 unspecified atom stereocenters. The Morgan fingerprint density at radius 1 is 1.24 bits per heavy atom. The van der Waals surface area contributed by atoms with Crippen molar-refractivity contribution in [3.8, 4) is 5.75 Å². The molecule has 0 aliphatic carbocycles. The number of ether oxygens (including phenoxy) is 1. The molecular formula is C16H19N3OS. The predicted molar refractivity (Wildman–Crippen MR) is 89.5 cm³/mol. The largest absolute Gasteiger partial charge is 0.491 e. The second-order valence-electron chi connectivity index (χ2n) is 4.86. The van der Waals surface area contributed by atoms with Crippen molar-refractivity contribution >= 4 is 23.0 Å². The summed E-state index contributed by atoms with van der Waals surface area (Å²) in [4.78, 5) is 3.98. The molecular weight excluding hydrogens is 282 g/mol. The molecule has 21 heavy (non-hydrogen) atoms. The third kappa shape index (κ3) is 5.39. The minimum Gasteiger partial charge on any atom is -0.491 e. The van der Waals surface area contributed by atoms with Gasteiger partial charge in [-0.2, -0.15) is 0 Å². The predicted octanol–water partition coefficient (Wildman–Crippen LogP) is 3.36. The van der Waals surface area contributed by atoms with Gasteiger partial charge in [-0.15, -0.1) is 0 Å². The topological polar surface area (TPSA) is 46.2 Å².